The van der Waals surface area contributed by atoms with Crippen LogP contribution in [0.5, 0.6) is 0 Å². The van der Waals surface area contributed by atoms with Crippen LogP contribution >= 0.6 is 0 Å². The molecule has 0 spiro atoms. The minimum Gasteiger partial charge on any atom is -0.372 e. The molecule has 0 aliphatic heterocycles. The third-order valence-corrected chi connectivity index (χ3v) is 1.54. The van der Waals surface area contributed by atoms with Gasteiger partial charge in [0.05, 0.1) is 0 Å². The molecule has 0 unspecified atom stereocenters. The third kappa shape index (κ3) is 4.93. The molecule has 0 atom stereocenters. The van der Waals surface area contributed by atoms with Gasteiger partial charge in [-0.05, 0) is 31.6 Å². The zero-order valence-electron chi connectivity index (χ0n) is 8.77. The summed E-state index contributed by atoms with van der Waals surface area (Å²) < 4.78 is 0. The number of aliphatic hydroxyl groups is 1. The fraction of sp³-hybridized carbons (Fsp3) is 0.273. The molecule has 0 bridgehead atoms. The molecule has 1 aromatic rings. The molecule has 0 saturated heterocycles. The molecule has 4 heteroatoms. The largest absolute Gasteiger partial charge is 0.372 e. The Morgan fingerprint density at radius 2 is 2.33 bits per heavy atom. The van der Waals surface area contributed by atoms with Gasteiger partial charge in [-0.15, -0.1) is 0 Å². The Labute approximate surface area is 88.7 Å². The van der Waals surface area contributed by atoms with Crippen molar-refractivity contribution in [2.45, 2.75) is 19.6 Å². The number of amides is 1. The molecule has 0 fully saturated rings. The number of pyridine rings is 1. The summed E-state index contributed by atoms with van der Waals surface area (Å²) in [6.45, 7) is 3.01. The van der Waals surface area contributed by atoms with Gasteiger partial charge in [-0.1, -0.05) is 6.07 Å². The summed E-state index contributed by atoms with van der Waals surface area (Å²) in [4.78, 5) is 15.2. The van der Waals surface area contributed by atoms with E-state index < -0.39 is 5.72 Å². The van der Waals surface area contributed by atoms with Crippen molar-refractivity contribution in [3.8, 4) is 0 Å². The van der Waals surface area contributed by atoms with Crippen LogP contribution in [0, 0.1) is 0 Å². The van der Waals surface area contributed by atoms with Gasteiger partial charge in [-0.2, -0.15) is 0 Å². The number of nitrogens with zero attached hydrogens (tertiary/aromatic N) is 1. The molecular weight excluding hydrogens is 192 g/mol. The van der Waals surface area contributed by atoms with Crippen molar-refractivity contribution < 1.29 is 9.90 Å². The van der Waals surface area contributed by atoms with Gasteiger partial charge < -0.3 is 10.4 Å². The van der Waals surface area contributed by atoms with Gasteiger partial charge >= 0.3 is 0 Å². The number of hydrogen-bond donors (Lipinski definition) is 2. The van der Waals surface area contributed by atoms with E-state index >= 15 is 0 Å². The van der Waals surface area contributed by atoms with Crippen LogP contribution in [0.4, 0.5) is 0 Å². The second-order valence-corrected chi connectivity index (χ2v) is 3.67. The van der Waals surface area contributed by atoms with Gasteiger partial charge in [0.15, 0.2) is 0 Å². The zero-order valence-corrected chi connectivity index (χ0v) is 8.77. The fourth-order valence-electron chi connectivity index (χ4n) is 0.990. The van der Waals surface area contributed by atoms with E-state index in [0.29, 0.717) is 0 Å². The average Bonchev–Trinajstić information content (AvgIpc) is 2.14. The Bertz CT molecular complexity index is 353. The molecule has 15 heavy (non-hydrogen) atoms. The van der Waals surface area contributed by atoms with Gasteiger partial charge in [0.2, 0.25) is 5.91 Å². The Hall–Kier alpha value is -1.68. The van der Waals surface area contributed by atoms with E-state index in [1.165, 1.54) is 19.9 Å². The summed E-state index contributed by atoms with van der Waals surface area (Å²) in [5.74, 6) is -0.341. The fourth-order valence-corrected chi connectivity index (χ4v) is 0.990. The summed E-state index contributed by atoms with van der Waals surface area (Å²) in [6.07, 6.45) is 6.30. The van der Waals surface area contributed by atoms with E-state index in [9.17, 15) is 9.90 Å². The lowest BCUT2D eigenvalue weighted by Gasteiger charge is -2.17. The van der Waals surface area contributed by atoms with Crippen LogP contribution in [0.1, 0.15) is 19.4 Å². The molecule has 1 aromatic heterocycles. The van der Waals surface area contributed by atoms with Gasteiger partial charge in [0.1, 0.15) is 5.72 Å². The molecule has 80 valence electrons. The van der Waals surface area contributed by atoms with Crippen molar-refractivity contribution >= 4 is 12.0 Å². The lowest BCUT2D eigenvalue weighted by atomic mass is 10.2. The molecule has 0 aromatic carbocycles. The summed E-state index contributed by atoms with van der Waals surface area (Å²) in [7, 11) is 0. The smallest absolute Gasteiger partial charge is 0.246 e. The number of carbonyl (C=O) groups is 1. The molecule has 1 amide bonds. The first kappa shape index (κ1) is 11.4. The van der Waals surface area contributed by atoms with Crippen LogP contribution in [-0.2, 0) is 4.79 Å². The predicted octanol–water partition coefficient (Wildman–Crippen LogP) is 0.939. The van der Waals surface area contributed by atoms with Crippen LogP contribution in [0.25, 0.3) is 6.08 Å². The highest BCUT2D eigenvalue weighted by Crippen LogP contribution is 1.99. The average molecular weight is 206 g/mol. The van der Waals surface area contributed by atoms with E-state index in [1.807, 2.05) is 6.07 Å². The molecule has 2 N–H and O–H groups in total. The predicted molar refractivity (Wildman–Crippen MR) is 57.7 cm³/mol. The highest BCUT2D eigenvalue weighted by Gasteiger charge is 2.13. The van der Waals surface area contributed by atoms with E-state index in [4.69, 9.17) is 0 Å². The van der Waals surface area contributed by atoms with Crippen LogP contribution in [0.15, 0.2) is 30.6 Å². The van der Waals surface area contributed by atoms with E-state index in [1.54, 1.807) is 24.5 Å². The molecule has 4 nitrogen and oxygen atoms in total. The SMILES string of the molecule is CC(C)(O)NC(=O)/C=C/c1cccnc1. The normalized spacial score (nSPS) is 11.7. The van der Waals surface area contributed by atoms with Crippen molar-refractivity contribution in [3.05, 3.63) is 36.2 Å². The number of aromatic nitrogens is 1. The van der Waals surface area contributed by atoms with Crippen molar-refractivity contribution in [2.24, 2.45) is 0 Å². The lowest BCUT2D eigenvalue weighted by molar-refractivity contribution is -0.122. The Kier molecular flexibility index (Phi) is 3.57. The number of hydrogen-bond acceptors (Lipinski definition) is 3. The van der Waals surface area contributed by atoms with Crippen LogP contribution in [-0.4, -0.2) is 21.7 Å². The molecule has 1 heterocycles. The quantitative estimate of drug-likeness (QED) is 0.571. The Balaban J connectivity index is 2.56. The highest BCUT2D eigenvalue weighted by atomic mass is 16.3. The first-order chi connectivity index (χ1) is 6.97. The molecule has 0 radical (unpaired) electrons. The summed E-state index contributed by atoms with van der Waals surface area (Å²) in [5, 5.41) is 11.7. The van der Waals surface area contributed by atoms with Gasteiger partial charge in [-0.25, -0.2) is 0 Å². The third-order valence-electron chi connectivity index (χ3n) is 1.54. The van der Waals surface area contributed by atoms with Crippen molar-refractivity contribution in [1.29, 1.82) is 0 Å². The van der Waals surface area contributed by atoms with Crippen molar-refractivity contribution in [1.82, 2.24) is 10.3 Å². The maximum atomic E-state index is 11.3. The topological polar surface area (TPSA) is 62.2 Å². The maximum Gasteiger partial charge on any atom is 0.246 e. The van der Waals surface area contributed by atoms with Gasteiger partial charge in [0.25, 0.3) is 0 Å². The van der Waals surface area contributed by atoms with E-state index in [2.05, 4.69) is 10.3 Å². The first-order valence-electron chi connectivity index (χ1n) is 4.60. The number of carbonyl (C=O) groups excluding carboxylic acids is 1. The van der Waals surface area contributed by atoms with E-state index in [0.717, 1.165) is 5.56 Å². The summed E-state index contributed by atoms with van der Waals surface area (Å²) in [6, 6.07) is 3.62. The van der Waals surface area contributed by atoms with Crippen LogP contribution in [0.3, 0.4) is 0 Å². The lowest BCUT2D eigenvalue weighted by Crippen LogP contribution is -2.42. The van der Waals surface area contributed by atoms with Gasteiger partial charge in [0, 0.05) is 18.5 Å². The van der Waals surface area contributed by atoms with E-state index in [-0.39, 0.29) is 5.91 Å². The minimum atomic E-state index is -1.20. The summed E-state index contributed by atoms with van der Waals surface area (Å²) in [5.41, 5.74) is -0.362. The highest BCUT2D eigenvalue weighted by molar-refractivity contribution is 5.91. The Morgan fingerprint density at radius 1 is 1.60 bits per heavy atom. The molecule has 0 aliphatic rings. The second-order valence-electron chi connectivity index (χ2n) is 3.67. The summed E-state index contributed by atoms with van der Waals surface area (Å²) >= 11 is 0. The van der Waals surface area contributed by atoms with Crippen molar-refractivity contribution in [2.75, 3.05) is 0 Å². The molecule has 0 saturated carbocycles. The zero-order chi connectivity index (χ0) is 11.3. The number of nitrogens with one attached hydrogen (secondary N) is 1. The monoisotopic (exact) mass is 206 g/mol. The van der Waals surface area contributed by atoms with Crippen molar-refractivity contribution in [3.63, 3.8) is 0 Å². The molecular formula is C11H14N2O2. The minimum absolute atomic E-state index is 0.341. The van der Waals surface area contributed by atoms with Crippen LogP contribution < -0.4 is 5.32 Å². The Morgan fingerprint density at radius 3 is 2.87 bits per heavy atom. The number of rotatable bonds is 3. The van der Waals surface area contributed by atoms with Gasteiger partial charge in [-0.3, -0.25) is 9.78 Å². The maximum absolute atomic E-state index is 11.3. The standard InChI is InChI=1S/C11H14N2O2/c1-11(2,15)13-10(14)6-5-9-4-3-7-12-8-9/h3-8,15H,1-2H3,(H,13,14)/b6-5+. The first-order valence-corrected chi connectivity index (χ1v) is 4.60. The molecule has 1 rings (SSSR count). The second kappa shape index (κ2) is 4.70. The van der Waals surface area contributed by atoms with Crippen LogP contribution in [0.2, 0.25) is 0 Å². The molecule has 0 aliphatic carbocycles.